The maximum atomic E-state index is 9.63. The normalized spacial score (nSPS) is 35.8. The van der Waals surface area contributed by atoms with Crippen molar-refractivity contribution < 1.29 is 5.11 Å². The van der Waals surface area contributed by atoms with Crippen LogP contribution in [0, 0.1) is 23.7 Å². The standard InChI is InChI=1S/C12H24O/c1-8(2)11-6-5-10(13)7-12(11)9(3)4/h8-13H,5-7H2,1-4H3. The molecule has 3 unspecified atom stereocenters. The van der Waals surface area contributed by atoms with Crippen LogP contribution in [0.5, 0.6) is 0 Å². The molecule has 1 rings (SSSR count). The maximum absolute atomic E-state index is 9.63. The fraction of sp³-hybridized carbons (Fsp3) is 1.00. The van der Waals surface area contributed by atoms with Crippen LogP contribution in [0.2, 0.25) is 0 Å². The molecule has 0 spiro atoms. The molecule has 0 heterocycles. The van der Waals surface area contributed by atoms with E-state index in [0.717, 1.165) is 36.5 Å². The van der Waals surface area contributed by atoms with Crippen LogP contribution in [-0.2, 0) is 0 Å². The lowest BCUT2D eigenvalue weighted by Gasteiger charge is -2.39. The molecular weight excluding hydrogens is 160 g/mol. The zero-order valence-electron chi connectivity index (χ0n) is 9.46. The van der Waals surface area contributed by atoms with Gasteiger partial charge in [0.05, 0.1) is 6.10 Å². The van der Waals surface area contributed by atoms with Crippen molar-refractivity contribution in [3.05, 3.63) is 0 Å². The summed E-state index contributed by atoms with van der Waals surface area (Å²) in [5.74, 6) is 3.08. The smallest absolute Gasteiger partial charge is 0.0543 e. The van der Waals surface area contributed by atoms with Gasteiger partial charge in [-0.05, 0) is 42.9 Å². The van der Waals surface area contributed by atoms with E-state index in [2.05, 4.69) is 27.7 Å². The minimum atomic E-state index is -0.0256. The van der Waals surface area contributed by atoms with E-state index in [1.165, 1.54) is 6.42 Å². The lowest BCUT2D eigenvalue weighted by Crippen LogP contribution is -2.33. The highest BCUT2D eigenvalue weighted by Crippen LogP contribution is 2.39. The fourth-order valence-electron chi connectivity index (χ4n) is 2.80. The van der Waals surface area contributed by atoms with Crippen LogP contribution in [0.25, 0.3) is 0 Å². The molecule has 0 bridgehead atoms. The molecule has 0 radical (unpaired) electrons. The maximum Gasteiger partial charge on any atom is 0.0543 e. The Morgan fingerprint density at radius 3 is 1.92 bits per heavy atom. The van der Waals surface area contributed by atoms with E-state index < -0.39 is 0 Å². The van der Waals surface area contributed by atoms with E-state index in [-0.39, 0.29) is 6.10 Å². The first-order valence-electron chi connectivity index (χ1n) is 5.70. The second kappa shape index (κ2) is 4.45. The van der Waals surface area contributed by atoms with Crippen LogP contribution in [0.15, 0.2) is 0 Å². The molecule has 1 nitrogen and oxygen atoms in total. The molecule has 0 aromatic carbocycles. The number of rotatable bonds is 2. The van der Waals surface area contributed by atoms with Gasteiger partial charge in [0.25, 0.3) is 0 Å². The zero-order chi connectivity index (χ0) is 10.0. The Kier molecular flexibility index (Phi) is 3.78. The van der Waals surface area contributed by atoms with E-state index in [1.54, 1.807) is 0 Å². The number of aliphatic hydroxyl groups is 1. The number of hydrogen-bond donors (Lipinski definition) is 1. The van der Waals surface area contributed by atoms with Crippen molar-refractivity contribution in [3.8, 4) is 0 Å². The molecule has 1 aliphatic carbocycles. The first kappa shape index (κ1) is 11.0. The number of aliphatic hydroxyl groups excluding tert-OH is 1. The molecule has 1 aliphatic rings. The molecule has 1 fully saturated rings. The Morgan fingerprint density at radius 2 is 1.46 bits per heavy atom. The van der Waals surface area contributed by atoms with Crippen molar-refractivity contribution in [2.75, 3.05) is 0 Å². The van der Waals surface area contributed by atoms with Gasteiger partial charge in [0.2, 0.25) is 0 Å². The van der Waals surface area contributed by atoms with Gasteiger partial charge < -0.3 is 5.11 Å². The summed E-state index contributed by atoms with van der Waals surface area (Å²) in [6.45, 7) is 9.21. The summed E-state index contributed by atoms with van der Waals surface area (Å²) in [6, 6.07) is 0. The Balaban J connectivity index is 2.60. The molecule has 0 saturated heterocycles. The largest absolute Gasteiger partial charge is 0.393 e. The highest BCUT2D eigenvalue weighted by molar-refractivity contribution is 4.83. The average Bonchev–Trinajstić information content (AvgIpc) is 2.03. The molecule has 0 aliphatic heterocycles. The third kappa shape index (κ3) is 2.70. The van der Waals surface area contributed by atoms with Gasteiger partial charge >= 0.3 is 0 Å². The van der Waals surface area contributed by atoms with Crippen LogP contribution in [0.4, 0.5) is 0 Å². The van der Waals surface area contributed by atoms with Gasteiger partial charge in [-0.15, -0.1) is 0 Å². The van der Waals surface area contributed by atoms with E-state index in [9.17, 15) is 5.11 Å². The molecule has 3 atom stereocenters. The Labute approximate surface area is 82.5 Å². The van der Waals surface area contributed by atoms with Crippen molar-refractivity contribution in [2.24, 2.45) is 23.7 Å². The summed E-state index contributed by atoms with van der Waals surface area (Å²) in [5, 5.41) is 9.63. The van der Waals surface area contributed by atoms with Gasteiger partial charge in [-0.25, -0.2) is 0 Å². The van der Waals surface area contributed by atoms with Gasteiger partial charge in [0.1, 0.15) is 0 Å². The van der Waals surface area contributed by atoms with Gasteiger partial charge in [0, 0.05) is 0 Å². The molecule has 0 aromatic heterocycles. The summed E-state index contributed by atoms with van der Waals surface area (Å²) in [4.78, 5) is 0. The predicted octanol–water partition coefficient (Wildman–Crippen LogP) is 3.08. The molecule has 78 valence electrons. The summed E-state index contributed by atoms with van der Waals surface area (Å²) >= 11 is 0. The molecular formula is C12H24O. The van der Waals surface area contributed by atoms with Crippen LogP contribution >= 0.6 is 0 Å². The van der Waals surface area contributed by atoms with Crippen LogP contribution in [-0.4, -0.2) is 11.2 Å². The number of hydrogen-bond acceptors (Lipinski definition) is 1. The highest BCUT2D eigenvalue weighted by atomic mass is 16.3. The van der Waals surface area contributed by atoms with Crippen molar-refractivity contribution in [2.45, 2.75) is 53.1 Å². The monoisotopic (exact) mass is 184 g/mol. The van der Waals surface area contributed by atoms with Crippen molar-refractivity contribution in [1.29, 1.82) is 0 Å². The topological polar surface area (TPSA) is 20.2 Å². The van der Waals surface area contributed by atoms with Gasteiger partial charge in [-0.2, -0.15) is 0 Å². The summed E-state index contributed by atoms with van der Waals surface area (Å²) in [6.07, 6.45) is 3.25. The molecule has 0 aromatic rings. The van der Waals surface area contributed by atoms with Crippen molar-refractivity contribution >= 4 is 0 Å². The van der Waals surface area contributed by atoms with E-state index in [0.29, 0.717) is 0 Å². The van der Waals surface area contributed by atoms with Crippen molar-refractivity contribution in [1.82, 2.24) is 0 Å². The third-order valence-electron chi connectivity index (χ3n) is 3.64. The fourth-order valence-corrected chi connectivity index (χ4v) is 2.80. The van der Waals surface area contributed by atoms with Gasteiger partial charge in [-0.3, -0.25) is 0 Å². The quantitative estimate of drug-likeness (QED) is 0.699. The average molecular weight is 184 g/mol. The molecule has 1 saturated carbocycles. The third-order valence-corrected chi connectivity index (χ3v) is 3.64. The van der Waals surface area contributed by atoms with E-state index in [4.69, 9.17) is 0 Å². The summed E-state index contributed by atoms with van der Waals surface area (Å²) < 4.78 is 0. The first-order valence-corrected chi connectivity index (χ1v) is 5.70. The second-order valence-corrected chi connectivity index (χ2v) is 5.28. The Hall–Kier alpha value is -0.0400. The molecule has 1 N–H and O–H groups in total. The van der Waals surface area contributed by atoms with Crippen LogP contribution < -0.4 is 0 Å². The highest BCUT2D eigenvalue weighted by Gasteiger charge is 2.32. The summed E-state index contributed by atoms with van der Waals surface area (Å²) in [7, 11) is 0. The lowest BCUT2D eigenvalue weighted by molar-refractivity contribution is 0.0324. The summed E-state index contributed by atoms with van der Waals surface area (Å²) in [5.41, 5.74) is 0. The van der Waals surface area contributed by atoms with E-state index >= 15 is 0 Å². The Bertz CT molecular complexity index is 151. The molecule has 1 heteroatoms. The zero-order valence-corrected chi connectivity index (χ0v) is 9.46. The molecule has 13 heavy (non-hydrogen) atoms. The first-order chi connectivity index (χ1) is 6.02. The minimum Gasteiger partial charge on any atom is -0.393 e. The Morgan fingerprint density at radius 1 is 0.923 bits per heavy atom. The van der Waals surface area contributed by atoms with Gasteiger partial charge in [-0.1, -0.05) is 27.7 Å². The second-order valence-electron chi connectivity index (χ2n) is 5.28. The van der Waals surface area contributed by atoms with Crippen LogP contribution in [0.3, 0.4) is 0 Å². The SMILES string of the molecule is CC(C)C1CCC(O)CC1C(C)C. The van der Waals surface area contributed by atoms with E-state index in [1.807, 2.05) is 0 Å². The van der Waals surface area contributed by atoms with Crippen molar-refractivity contribution in [3.63, 3.8) is 0 Å². The van der Waals surface area contributed by atoms with Crippen LogP contribution in [0.1, 0.15) is 47.0 Å². The molecule has 0 amide bonds. The predicted molar refractivity (Wildman–Crippen MR) is 56.5 cm³/mol. The lowest BCUT2D eigenvalue weighted by atomic mass is 9.68. The minimum absolute atomic E-state index is 0.0256. The van der Waals surface area contributed by atoms with Gasteiger partial charge in [0.15, 0.2) is 0 Å².